The van der Waals surface area contributed by atoms with Crippen molar-refractivity contribution in [3.8, 4) is 5.75 Å². The average Bonchev–Trinajstić information content (AvgIpc) is 3.57. The van der Waals surface area contributed by atoms with Gasteiger partial charge in [-0.3, -0.25) is 33.3 Å². The first-order valence-electron chi connectivity index (χ1n) is 18.6. The summed E-state index contributed by atoms with van der Waals surface area (Å²) in [6.45, 7) is 9.93. The lowest BCUT2D eigenvalue weighted by Gasteiger charge is -2.49. The summed E-state index contributed by atoms with van der Waals surface area (Å²) in [5, 5.41) is 15.2. The molecule has 14 nitrogen and oxygen atoms in total. The van der Waals surface area contributed by atoms with E-state index < -0.39 is 51.2 Å². The van der Waals surface area contributed by atoms with E-state index in [9.17, 15) is 34.0 Å². The smallest absolute Gasteiger partial charge is 0.281 e. The number of piperidine rings is 1. The van der Waals surface area contributed by atoms with Crippen LogP contribution in [-0.2, 0) is 5.21 Å². The van der Waals surface area contributed by atoms with Gasteiger partial charge in [0.25, 0.3) is 34.1 Å². The number of methoxy groups -OCH3 is 1. The Morgan fingerprint density at radius 1 is 0.607 bits per heavy atom. The zero-order valence-corrected chi connectivity index (χ0v) is 31.6. The van der Waals surface area contributed by atoms with E-state index in [-0.39, 0.29) is 45.5 Å². The van der Waals surface area contributed by atoms with Crippen molar-refractivity contribution in [2.45, 2.75) is 57.7 Å². The van der Waals surface area contributed by atoms with Crippen LogP contribution in [0.25, 0.3) is 32.3 Å². The van der Waals surface area contributed by atoms with E-state index in [2.05, 4.69) is 9.80 Å². The molecule has 9 rings (SSSR count). The molecule has 0 N–H and O–H groups in total. The van der Waals surface area contributed by atoms with Crippen LogP contribution >= 0.6 is 0 Å². The number of amides is 2. The summed E-state index contributed by atoms with van der Waals surface area (Å²) in [7, 11) is 1.63. The van der Waals surface area contributed by atoms with Crippen molar-refractivity contribution >= 4 is 55.5 Å². The third kappa shape index (κ3) is 5.01. The minimum atomic E-state index is -0.961. The third-order valence-electron chi connectivity index (χ3n) is 12.0. The maximum absolute atomic E-state index is 14.2. The van der Waals surface area contributed by atoms with E-state index in [1.165, 1.54) is 12.1 Å². The third-order valence-corrected chi connectivity index (χ3v) is 12.0. The summed E-state index contributed by atoms with van der Waals surface area (Å²) >= 11 is 0. The van der Waals surface area contributed by atoms with Gasteiger partial charge < -0.3 is 14.5 Å². The lowest BCUT2D eigenvalue weighted by Crippen LogP contribution is -2.59. The molecule has 3 aliphatic rings. The van der Waals surface area contributed by atoms with Crippen molar-refractivity contribution in [1.29, 1.82) is 0 Å². The predicted octanol–water partition coefficient (Wildman–Crippen LogP) is 3.87. The second kappa shape index (κ2) is 12.2. The van der Waals surface area contributed by atoms with E-state index in [1.54, 1.807) is 53.0 Å². The van der Waals surface area contributed by atoms with Gasteiger partial charge in [-0.05, 0) is 95.1 Å². The molecule has 0 unspecified atom stereocenters. The van der Waals surface area contributed by atoms with E-state index in [0.717, 1.165) is 39.8 Å². The van der Waals surface area contributed by atoms with Gasteiger partial charge in [0.1, 0.15) is 5.75 Å². The molecule has 5 heterocycles. The molecule has 0 saturated carbocycles. The maximum atomic E-state index is 14.2. The molecule has 14 heteroatoms. The Morgan fingerprint density at radius 2 is 1.12 bits per heavy atom. The zero-order valence-electron chi connectivity index (χ0n) is 31.6. The molecule has 0 spiro atoms. The number of rotatable bonds is 5. The molecule has 1 radical (unpaired) electrons. The van der Waals surface area contributed by atoms with Crippen LogP contribution in [0.15, 0.2) is 85.9 Å². The number of hydroxylamine groups is 2. The number of benzene rings is 4. The molecule has 285 valence electrons. The Labute approximate surface area is 319 Å². The Balaban J connectivity index is 1.07. The first kappa shape index (κ1) is 35.6. The SMILES string of the molecule is COc1ccc(N2CCN(c3ccc4c5c(cccc35)C(=O)N(n3c(=O)c5cc6c(=O)n(C7CC(C)(C)N([O])C(C)(C)C7)c(=O)c6cc5c3=O)C4=O)CC2)cc1. The van der Waals surface area contributed by atoms with Crippen molar-refractivity contribution in [2.75, 3.05) is 48.1 Å². The fourth-order valence-corrected chi connectivity index (χ4v) is 9.41. The highest BCUT2D eigenvalue weighted by Crippen LogP contribution is 2.42. The first-order chi connectivity index (χ1) is 26.6. The Bertz CT molecular complexity index is 2760. The van der Waals surface area contributed by atoms with Crippen LogP contribution in [0.4, 0.5) is 11.4 Å². The van der Waals surface area contributed by atoms with Gasteiger partial charge in [-0.1, -0.05) is 12.1 Å². The normalized spacial score (nSPS) is 18.9. The van der Waals surface area contributed by atoms with Gasteiger partial charge in [-0.25, -0.2) is 0 Å². The van der Waals surface area contributed by atoms with Gasteiger partial charge in [0, 0.05) is 65.4 Å². The number of aromatic nitrogens is 2. The van der Waals surface area contributed by atoms with Crippen molar-refractivity contribution in [3.63, 3.8) is 0 Å². The van der Waals surface area contributed by atoms with Crippen LogP contribution < -0.4 is 41.8 Å². The van der Waals surface area contributed by atoms with Crippen LogP contribution in [0.1, 0.15) is 67.3 Å². The summed E-state index contributed by atoms with van der Waals surface area (Å²) in [5.74, 6) is -0.900. The molecule has 56 heavy (non-hydrogen) atoms. The molecule has 2 aromatic heterocycles. The first-order valence-corrected chi connectivity index (χ1v) is 18.6. The number of hydrogen-bond acceptors (Lipinski definition) is 10. The fourth-order valence-electron chi connectivity index (χ4n) is 9.41. The van der Waals surface area contributed by atoms with Crippen LogP contribution in [-0.4, -0.2) is 70.5 Å². The average molecular weight is 756 g/mol. The molecular formula is C42H39N6O8. The Morgan fingerprint density at radius 3 is 1.68 bits per heavy atom. The zero-order chi connectivity index (χ0) is 39.6. The minimum absolute atomic E-state index is 0.0549. The van der Waals surface area contributed by atoms with Gasteiger partial charge >= 0.3 is 0 Å². The minimum Gasteiger partial charge on any atom is -0.497 e. The summed E-state index contributed by atoms with van der Waals surface area (Å²) in [6.07, 6.45) is 0.486. The van der Waals surface area contributed by atoms with Gasteiger partial charge in [-0.15, -0.1) is 10.3 Å². The number of imide groups is 1. The van der Waals surface area contributed by atoms with Crippen LogP contribution in [0.5, 0.6) is 5.75 Å². The number of anilines is 2. The highest BCUT2D eigenvalue weighted by molar-refractivity contribution is 6.33. The number of piperazine rings is 1. The van der Waals surface area contributed by atoms with E-state index in [4.69, 9.17) is 4.74 Å². The number of fused-ring (bicyclic) bond motifs is 2. The molecule has 6 aromatic rings. The van der Waals surface area contributed by atoms with Crippen molar-refractivity contribution in [1.82, 2.24) is 14.3 Å². The largest absolute Gasteiger partial charge is 0.497 e. The summed E-state index contributed by atoms with van der Waals surface area (Å²) in [6, 6.07) is 18.3. The van der Waals surface area contributed by atoms with E-state index in [1.807, 2.05) is 36.4 Å². The van der Waals surface area contributed by atoms with Crippen LogP contribution in [0.3, 0.4) is 0 Å². The lowest BCUT2D eigenvalue weighted by molar-refractivity contribution is -0.292. The molecule has 2 saturated heterocycles. The fraction of sp³-hybridized carbons (Fsp3) is 0.333. The maximum Gasteiger partial charge on any atom is 0.281 e. The number of hydrogen-bond donors (Lipinski definition) is 0. The second-order valence-corrected chi connectivity index (χ2v) is 16.3. The van der Waals surface area contributed by atoms with Crippen molar-refractivity contribution < 1.29 is 19.5 Å². The number of nitrogens with zero attached hydrogens (tertiary/aromatic N) is 6. The van der Waals surface area contributed by atoms with E-state index >= 15 is 0 Å². The number of carbonyl (C=O) groups is 2. The van der Waals surface area contributed by atoms with E-state index in [0.29, 0.717) is 33.5 Å². The molecule has 2 amide bonds. The summed E-state index contributed by atoms with van der Waals surface area (Å²) < 4.78 is 6.94. The molecule has 0 bridgehead atoms. The highest BCUT2D eigenvalue weighted by atomic mass is 16.5. The molecular weight excluding hydrogens is 716 g/mol. The molecule has 0 aliphatic carbocycles. The quantitative estimate of drug-likeness (QED) is 0.237. The van der Waals surface area contributed by atoms with Gasteiger partial charge in [-0.2, -0.15) is 9.69 Å². The topological polar surface area (TPSA) is 154 Å². The summed E-state index contributed by atoms with van der Waals surface area (Å²) in [5.41, 5.74) is -2.65. The van der Waals surface area contributed by atoms with Crippen LogP contribution in [0, 0.1) is 0 Å². The molecule has 3 aliphatic heterocycles. The van der Waals surface area contributed by atoms with Gasteiger partial charge in [0.2, 0.25) is 0 Å². The lowest BCUT2D eigenvalue weighted by atomic mass is 9.79. The highest BCUT2D eigenvalue weighted by Gasteiger charge is 2.47. The number of carbonyl (C=O) groups excluding carboxylic acids is 2. The molecule has 4 aromatic carbocycles. The second-order valence-electron chi connectivity index (χ2n) is 16.3. The number of ether oxygens (including phenoxy) is 1. The van der Waals surface area contributed by atoms with Gasteiger partial charge in [0.05, 0.1) is 39.8 Å². The van der Waals surface area contributed by atoms with Gasteiger partial charge in [0.15, 0.2) is 0 Å². The monoisotopic (exact) mass is 755 g/mol. The molecule has 2 fully saturated rings. The molecule has 0 atom stereocenters. The van der Waals surface area contributed by atoms with Crippen molar-refractivity contribution in [2.24, 2.45) is 0 Å². The van der Waals surface area contributed by atoms with Crippen molar-refractivity contribution in [3.05, 3.63) is 119 Å². The standard InChI is InChI=1S/C42H39N6O8/c1-41(2)21-24(22-42(3,4)48(41)55)45-35(49)29-19-31-32(20-30(29)36(45)50)40(54)47(39(31)53)46-37(51)27-8-6-7-26-33(14-13-28(34(26)27)38(46)52)44-17-15-43(16-18-44)23-9-11-25(56-5)12-10-23/h6-14,19-20,24H,15-18,21-22H2,1-5H3. The summed E-state index contributed by atoms with van der Waals surface area (Å²) in [4.78, 5) is 88.7. The Hall–Kier alpha value is -6.12. The predicted molar refractivity (Wildman–Crippen MR) is 212 cm³/mol. The Kier molecular flexibility index (Phi) is 7.74. The van der Waals surface area contributed by atoms with Crippen LogP contribution in [0.2, 0.25) is 0 Å².